The first kappa shape index (κ1) is 23.3. The number of amides is 2. The van der Waals surface area contributed by atoms with Crippen molar-refractivity contribution in [2.24, 2.45) is 5.92 Å². The average Bonchev–Trinajstić information content (AvgIpc) is 2.73. The van der Waals surface area contributed by atoms with Gasteiger partial charge in [-0.1, -0.05) is 60.1 Å². The Morgan fingerprint density at radius 1 is 1.03 bits per heavy atom. The van der Waals surface area contributed by atoms with Crippen LogP contribution < -0.4 is 10.6 Å². The van der Waals surface area contributed by atoms with Crippen LogP contribution in [0.5, 0.6) is 0 Å². The standard InChI is InChI=1S/C23H25BrN2O4/c1-4-30-23(29)20(15(2)3)26-22(28)19(14-16-10-12-18(24)13-11-16)25-21(27)17-8-6-5-7-9-17/h5-15,20H,4H2,1-3H3,(H,25,27)(H,26,28)/b19-14+/t20-/m0/s1. The van der Waals surface area contributed by atoms with Crippen LogP contribution in [0.4, 0.5) is 0 Å². The zero-order valence-electron chi connectivity index (χ0n) is 17.1. The summed E-state index contributed by atoms with van der Waals surface area (Å²) in [5, 5.41) is 5.34. The van der Waals surface area contributed by atoms with Crippen LogP contribution in [0.15, 0.2) is 64.8 Å². The number of nitrogens with one attached hydrogen (secondary N) is 2. The zero-order chi connectivity index (χ0) is 22.1. The number of rotatable bonds is 8. The lowest BCUT2D eigenvalue weighted by Crippen LogP contribution is -2.47. The molecule has 2 rings (SSSR count). The number of halogens is 1. The van der Waals surface area contributed by atoms with Crippen molar-refractivity contribution in [2.75, 3.05) is 6.61 Å². The van der Waals surface area contributed by atoms with Crippen molar-refractivity contribution in [3.63, 3.8) is 0 Å². The molecule has 0 bridgehead atoms. The smallest absolute Gasteiger partial charge is 0.328 e. The minimum atomic E-state index is -0.834. The fraction of sp³-hybridized carbons (Fsp3) is 0.261. The van der Waals surface area contributed by atoms with E-state index in [0.717, 1.165) is 4.47 Å². The van der Waals surface area contributed by atoms with Gasteiger partial charge >= 0.3 is 5.97 Å². The molecule has 6 nitrogen and oxygen atoms in total. The maximum absolute atomic E-state index is 13.0. The van der Waals surface area contributed by atoms with Crippen LogP contribution in [0.3, 0.4) is 0 Å². The van der Waals surface area contributed by atoms with Gasteiger partial charge in [-0.15, -0.1) is 0 Å². The van der Waals surface area contributed by atoms with E-state index >= 15 is 0 Å². The van der Waals surface area contributed by atoms with Gasteiger partial charge in [-0.05, 0) is 48.7 Å². The van der Waals surface area contributed by atoms with Gasteiger partial charge in [-0.3, -0.25) is 9.59 Å². The quantitative estimate of drug-likeness (QED) is 0.450. The molecule has 7 heteroatoms. The Morgan fingerprint density at radius 3 is 2.23 bits per heavy atom. The van der Waals surface area contributed by atoms with Crippen LogP contribution in [0.25, 0.3) is 6.08 Å². The predicted octanol–water partition coefficient (Wildman–Crippen LogP) is 3.92. The number of ether oxygens (including phenoxy) is 1. The van der Waals surface area contributed by atoms with E-state index in [0.29, 0.717) is 11.1 Å². The highest BCUT2D eigenvalue weighted by Crippen LogP contribution is 2.14. The summed E-state index contributed by atoms with van der Waals surface area (Å²) in [6, 6.07) is 15.0. The highest BCUT2D eigenvalue weighted by Gasteiger charge is 2.27. The summed E-state index contributed by atoms with van der Waals surface area (Å²) >= 11 is 3.37. The third-order valence-corrected chi connectivity index (χ3v) is 4.73. The molecule has 30 heavy (non-hydrogen) atoms. The molecule has 0 heterocycles. The van der Waals surface area contributed by atoms with Gasteiger partial charge in [0, 0.05) is 10.0 Å². The Balaban J connectivity index is 2.31. The summed E-state index contributed by atoms with van der Waals surface area (Å²) in [5.41, 5.74) is 1.16. The number of carbonyl (C=O) groups excluding carboxylic acids is 3. The summed E-state index contributed by atoms with van der Waals surface area (Å²) in [6.07, 6.45) is 1.56. The summed E-state index contributed by atoms with van der Waals surface area (Å²) in [5.74, 6) is -1.70. The summed E-state index contributed by atoms with van der Waals surface area (Å²) < 4.78 is 5.95. The molecular formula is C23H25BrN2O4. The molecule has 0 unspecified atom stereocenters. The van der Waals surface area contributed by atoms with Crippen molar-refractivity contribution in [3.8, 4) is 0 Å². The Kier molecular flexibility index (Phi) is 8.80. The van der Waals surface area contributed by atoms with E-state index in [4.69, 9.17) is 4.74 Å². The summed E-state index contributed by atoms with van der Waals surface area (Å²) in [4.78, 5) is 37.9. The third-order valence-electron chi connectivity index (χ3n) is 4.20. The topological polar surface area (TPSA) is 84.5 Å². The Morgan fingerprint density at radius 2 is 1.67 bits per heavy atom. The van der Waals surface area contributed by atoms with Gasteiger partial charge in [0.25, 0.3) is 11.8 Å². The van der Waals surface area contributed by atoms with Crippen molar-refractivity contribution in [3.05, 3.63) is 75.9 Å². The normalized spacial score (nSPS) is 12.2. The van der Waals surface area contributed by atoms with E-state index in [1.165, 1.54) is 0 Å². The van der Waals surface area contributed by atoms with Crippen LogP contribution in [0.2, 0.25) is 0 Å². The molecule has 0 aliphatic heterocycles. The monoisotopic (exact) mass is 472 g/mol. The Labute approximate surface area is 184 Å². The fourth-order valence-corrected chi connectivity index (χ4v) is 2.88. The lowest BCUT2D eigenvalue weighted by molar-refractivity contribution is -0.148. The molecule has 0 fully saturated rings. The van der Waals surface area contributed by atoms with Crippen molar-refractivity contribution < 1.29 is 19.1 Å². The first-order valence-electron chi connectivity index (χ1n) is 9.63. The van der Waals surface area contributed by atoms with E-state index in [1.807, 2.05) is 26.0 Å². The van der Waals surface area contributed by atoms with Crippen LogP contribution in [0.1, 0.15) is 36.7 Å². The van der Waals surface area contributed by atoms with Gasteiger partial charge in [0.2, 0.25) is 0 Å². The summed E-state index contributed by atoms with van der Waals surface area (Å²) in [6.45, 7) is 5.53. The largest absolute Gasteiger partial charge is 0.464 e. The Hall–Kier alpha value is -2.93. The van der Waals surface area contributed by atoms with E-state index < -0.39 is 23.8 Å². The lowest BCUT2D eigenvalue weighted by atomic mass is 10.0. The SMILES string of the molecule is CCOC(=O)[C@@H](NC(=O)/C(=C\c1ccc(Br)cc1)NC(=O)c1ccccc1)C(C)C. The van der Waals surface area contributed by atoms with E-state index in [2.05, 4.69) is 26.6 Å². The Bertz CT molecular complexity index is 909. The van der Waals surface area contributed by atoms with Gasteiger partial charge in [0.05, 0.1) is 6.61 Å². The molecule has 2 N–H and O–H groups in total. The molecule has 0 aliphatic carbocycles. The van der Waals surface area contributed by atoms with Gasteiger partial charge < -0.3 is 15.4 Å². The number of hydrogen-bond acceptors (Lipinski definition) is 4. The van der Waals surface area contributed by atoms with E-state index in [9.17, 15) is 14.4 Å². The molecule has 0 radical (unpaired) electrons. The van der Waals surface area contributed by atoms with Crippen molar-refractivity contribution >= 4 is 39.8 Å². The minimum absolute atomic E-state index is 0.0288. The second kappa shape index (κ2) is 11.3. The van der Waals surface area contributed by atoms with Gasteiger partial charge in [0.15, 0.2) is 0 Å². The molecule has 0 spiro atoms. The van der Waals surface area contributed by atoms with Gasteiger partial charge in [-0.2, -0.15) is 0 Å². The van der Waals surface area contributed by atoms with Gasteiger partial charge in [0.1, 0.15) is 11.7 Å². The molecule has 2 aromatic carbocycles. The van der Waals surface area contributed by atoms with Crippen LogP contribution in [-0.2, 0) is 14.3 Å². The number of esters is 1. The first-order chi connectivity index (χ1) is 14.3. The van der Waals surface area contributed by atoms with Crippen molar-refractivity contribution in [2.45, 2.75) is 26.8 Å². The molecule has 0 aliphatic rings. The van der Waals surface area contributed by atoms with Crippen molar-refractivity contribution in [1.82, 2.24) is 10.6 Å². The molecular weight excluding hydrogens is 448 g/mol. The molecule has 1 atom stereocenters. The summed E-state index contributed by atoms with van der Waals surface area (Å²) in [7, 11) is 0. The maximum atomic E-state index is 13.0. The second-order valence-electron chi connectivity index (χ2n) is 6.88. The van der Waals surface area contributed by atoms with Gasteiger partial charge in [-0.25, -0.2) is 4.79 Å². The predicted molar refractivity (Wildman–Crippen MR) is 119 cm³/mol. The molecule has 0 saturated carbocycles. The maximum Gasteiger partial charge on any atom is 0.328 e. The van der Waals surface area contributed by atoms with Crippen LogP contribution in [0, 0.1) is 5.92 Å². The molecule has 0 saturated heterocycles. The van der Waals surface area contributed by atoms with Crippen molar-refractivity contribution in [1.29, 1.82) is 0 Å². The van der Waals surface area contributed by atoms with Crippen LogP contribution >= 0.6 is 15.9 Å². The lowest BCUT2D eigenvalue weighted by Gasteiger charge is -2.21. The number of hydrogen-bond donors (Lipinski definition) is 2. The molecule has 2 amide bonds. The first-order valence-corrected chi connectivity index (χ1v) is 10.4. The highest BCUT2D eigenvalue weighted by atomic mass is 79.9. The fourth-order valence-electron chi connectivity index (χ4n) is 2.62. The van der Waals surface area contributed by atoms with E-state index in [1.54, 1.807) is 55.5 Å². The second-order valence-corrected chi connectivity index (χ2v) is 7.79. The average molecular weight is 473 g/mol. The minimum Gasteiger partial charge on any atom is -0.464 e. The number of benzene rings is 2. The molecule has 0 aromatic heterocycles. The van der Waals surface area contributed by atoms with Crippen LogP contribution in [-0.4, -0.2) is 30.4 Å². The van der Waals surface area contributed by atoms with E-state index in [-0.39, 0.29) is 18.2 Å². The third kappa shape index (κ3) is 6.84. The molecule has 158 valence electrons. The number of carbonyl (C=O) groups is 3. The zero-order valence-corrected chi connectivity index (χ0v) is 18.7. The molecule has 2 aromatic rings. The highest BCUT2D eigenvalue weighted by molar-refractivity contribution is 9.10.